The molecule has 1 saturated heterocycles. The van der Waals surface area contributed by atoms with Crippen molar-refractivity contribution in [3.63, 3.8) is 0 Å². The van der Waals surface area contributed by atoms with Crippen molar-refractivity contribution in [1.29, 1.82) is 0 Å². The Morgan fingerprint density at radius 3 is 2.72 bits per heavy atom. The Morgan fingerprint density at radius 2 is 2.17 bits per heavy atom. The van der Waals surface area contributed by atoms with E-state index in [0.717, 1.165) is 19.5 Å². The number of anilines is 1. The van der Waals surface area contributed by atoms with E-state index in [9.17, 15) is 9.50 Å². The first-order chi connectivity index (χ1) is 8.50. The minimum absolute atomic E-state index is 0.243. The summed E-state index contributed by atoms with van der Waals surface area (Å²) in [5, 5.41) is 9.76. The molecule has 0 bridgehead atoms. The molecule has 100 valence electrons. The summed E-state index contributed by atoms with van der Waals surface area (Å²) in [7, 11) is 4.09. The number of aliphatic hydroxyl groups is 1. The molecule has 18 heavy (non-hydrogen) atoms. The highest BCUT2D eigenvalue weighted by molar-refractivity contribution is 5.56. The van der Waals surface area contributed by atoms with E-state index in [-0.39, 0.29) is 5.82 Å². The van der Waals surface area contributed by atoms with Gasteiger partial charge >= 0.3 is 0 Å². The van der Waals surface area contributed by atoms with Gasteiger partial charge in [0.25, 0.3) is 0 Å². The van der Waals surface area contributed by atoms with Crippen LogP contribution in [0.1, 0.15) is 25.0 Å². The van der Waals surface area contributed by atoms with Crippen molar-refractivity contribution in [2.24, 2.45) is 0 Å². The summed E-state index contributed by atoms with van der Waals surface area (Å²) in [6.07, 6.45) is 0.384. The highest BCUT2D eigenvalue weighted by atomic mass is 19.1. The molecule has 1 heterocycles. The highest BCUT2D eigenvalue weighted by Gasteiger charge is 2.28. The number of aliphatic hydroxyl groups excluding tert-OH is 1. The minimum atomic E-state index is -0.644. The van der Waals surface area contributed by atoms with Crippen molar-refractivity contribution in [1.82, 2.24) is 4.90 Å². The molecule has 1 aromatic rings. The fourth-order valence-corrected chi connectivity index (χ4v) is 2.57. The number of likely N-dealkylation sites (N-methyl/N-ethyl adjacent to an activating group) is 1. The summed E-state index contributed by atoms with van der Waals surface area (Å²) in [5.41, 5.74) is 1.24. The summed E-state index contributed by atoms with van der Waals surface area (Å²) in [6, 6.07) is 5.36. The van der Waals surface area contributed by atoms with Crippen LogP contribution >= 0.6 is 0 Å². The zero-order chi connectivity index (χ0) is 13.3. The predicted octanol–water partition coefficient (Wildman–Crippen LogP) is 2.02. The van der Waals surface area contributed by atoms with Gasteiger partial charge in [0.1, 0.15) is 5.82 Å². The monoisotopic (exact) mass is 252 g/mol. The van der Waals surface area contributed by atoms with Gasteiger partial charge in [-0.3, -0.25) is 0 Å². The normalized spacial score (nSPS) is 21.7. The molecule has 0 saturated carbocycles. The molecule has 0 spiro atoms. The zero-order valence-corrected chi connectivity index (χ0v) is 11.2. The molecule has 2 atom stereocenters. The van der Waals surface area contributed by atoms with Crippen molar-refractivity contribution in [3.8, 4) is 0 Å². The van der Waals surface area contributed by atoms with Crippen molar-refractivity contribution >= 4 is 5.69 Å². The van der Waals surface area contributed by atoms with Gasteiger partial charge in [0.15, 0.2) is 0 Å². The van der Waals surface area contributed by atoms with E-state index in [1.807, 2.05) is 19.0 Å². The lowest BCUT2D eigenvalue weighted by Gasteiger charge is -2.25. The van der Waals surface area contributed by atoms with Crippen LogP contribution < -0.4 is 4.90 Å². The third-order valence-corrected chi connectivity index (χ3v) is 3.68. The molecule has 1 aliphatic heterocycles. The Balaban J connectivity index is 2.29. The number of para-hydroxylation sites is 1. The Hall–Kier alpha value is -1.13. The largest absolute Gasteiger partial charge is 0.389 e. The second kappa shape index (κ2) is 5.24. The smallest absolute Gasteiger partial charge is 0.146 e. The van der Waals surface area contributed by atoms with E-state index in [2.05, 4.69) is 4.90 Å². The number of rotatable bonds is 3. The summed E-state index contributed by atoms with van der Waals surface area (Å²) in [4.78, 5) is 4.21. The van der Waals surface area contributed by atoms with Crippen LogP contribution in [0.4, 0.5) is 10.1 Å². The number of benzene rings is 1. The Labute approximate surface area is 108 Å². The minimum Gasteiger partial charge on any atom is -0.389 e. The number of hydrogen-bond donors (Lipinski definition) is 1. The lowest BCUT2D eigenvalue weighted by atomic mass is 10.1. The SMILES string of the molecule is C[C@@H](O)c1cccc(F)c1N1CCC(N(C)C)C1. The van der Waals surface area contributed by atoms with E-state index < -0.39 is 6.10 Å². The molecule has 2 rings (SSSR count). The molecular weight excluding hydrogens is 231 g/mol. The molecule has 1 fully saturated rings. The molecule has 1 aliphatic rings. The van der Waals surface area contributed by atoms with Crippen LogP contribution in [0.2, 0.25) is 0 Å². The van der Waals surface area contributed by atoms with E-state index >= 15 is 0 Å². The van der Waals surface area contributed by atoms with E-state index in [1.54, 1.807) is 19.1 Å². The number of hydrogen-bond acceptors (Lipinski definition) is 3. The van der Waals surface area contributed by atoms with Crippen LogP contribution in [0.5, 0.6) is 0 Å². The molecule has 1 aromatic carbocycles. The number of halogens is 1. The lowest BCUT2D eigenvalue weighted by molar-refractivity contribution is 0.199. The van der Waals surface area contributed by atoms with Crippen molar-refractivity contribution in [3.05, 3.63) is 29.6 Å². The van der Waals surface area contributed by atoms with Crippen molar-refractivity contribution < 1.29 is 9.50 Å². The zero-order valence-electron chi connectivity index (χ0n) is 11.2. The molecular formula is C14H21FN2O. The van der Waals surface area contributed by atoms with Gasteiger partial charge in [-0.05, 0) is 33.5 Å². The Kier molecular flexibility index (Phi) is 3.88. The molecule has 3 nitrogen and oxygen atoms in total. The molecule has 0 aliphatic carbocycles. The van der Waals surface area contributed by atoms with Crippen molar-refractivity contribution in [2.45, 2.75) is 25.5 Å². The van der Waals surface area contributed by atoms with Crippen LogP contribution in [-0.2, 0) is 0 Å². The maximum Gasteiger partial charge on any atom is 0.146 e. The van der Waals surface area contributed by atoms with Gasteiger partial charge in [-0.15, -0.1) is 0 Å². The van der Waals surface area contributed by atoms with Gasteiger partial charge in [-0.25, -0.2) is 4.39 Å². The topological polar surface area (TPSA) is 26.7 Å². The second-order valence-corrected chi connectivity index (χ2v) is 5.21. The van der Waals surface area contributed by atoms with Gasteiger partial charge < -0.3 is 14.9 Å². The molecule has 4 heteroatoms. The third-order valence-electron chi connectivity index (χ3n) is 3.68. The van der Waals surface area contributed by atoms with Crippen LogP contribution in [0.25, 0.3) is 0 Å². The van der Waals surface area contributed by atoms with Crippen LogP contribution in [0.3, 0.4) is 0 Å². The van der Waals surface area contributed by atoms with Crippen LogP contribution in [0.15, 0.2) is 18.2 Å². The van der Waals surface area contributed by atoms with Crippen molar-refractivity contribution in [2.75, 3.05) is 32.1 Å². The fourth-order valence-electron chi connectivity index (χ4n) is 2.57. The first-order valence-corrected chi connectivity index (χ1v) is 6.38. The van der Waals surface area contributed by atoms with E-state index in [0.29, 0.717) is 17.3 Å². The molecule has 1 unspecified atom stereocenters. The quantitative estimate of drug-likeness (QED) is 0.891. The third kappa shape index (κ3) is 2.49. The molecule has 0 amide bonds. The molecule has 1 N–H and O–H groups in total. The lowest BCUT2D eigenvalue weighted by Crippen LogP contribution is -2.32. The highest BCUT2D eigenvalue weighted by Crippen LogP contribution is 2.32. The average molecular weight is 252 g/mol. The van der Waals surface area contributed by atoms with Gasteiger partial charge in [-0.2, -0.15) is 0 Å². The Morgan fingerprint density at radius 1 is 1.44 bits per heavy atom. The standard InChI is InChI=1S/C14H21FN2O/c1-10(18)12-5-4-6-13(15)14(12)17-8-7-11(9-17)16(2)3/h4-6,10-11,18H,7-9H2,1-3H3/t10-,11?/m1/s1. The second-order valence-electron chi connectivity index (χ2n) is 5.21. The summed E-state index contributed by atoms with van der Waals surface area (Å²) in [5.74, 6) is -0.243. The Bertz CT molecular complexity index is 420. The van der Waals surface area contributed by atoms with E-state index in [4.69, 9.17) is 0 Å². The fraction of sp³-hybridized carbons (Fsp3) is 0.571. The first-order valence-electron chi connectivity index (χ1n) is 6.38. The predicted molar refractivity (Wildman–Crippen MR) is 71.3 cm³/mol. The summed E-state index contributed by atoms with van der Waals surface area (Å²) < 4.78 is 14.0. The van der Waals surface area contributed by atoms with Crippen LogP contribution in [-0.4, -0.2) is 43.2 Å². The van der Waals surface area contributed by atoms with E-state index in [1.165, 1.54) is 6.07 Å². The van der Waals surface area contributed by atoms with Gasteiger partial charge in [0.2, 0.25) is 0 Å². The summed E-state index contributed by atoms with van der Waals surface area (Å²) in [6.45, 7) is 3.33. The summed E-state index contributed by atoms with van der Waals surface area (Å²) >= 11 is 0. The van der Waals surface area contributed by atoms with Crippen LogP contribution in [0, 0.1) is 5.82 Å². The molecule has 0 radical (unpaired) electrons. The van der Waals surface area contributed by atoms with Gasteiger partial charge in [-0.1, -0.05) is 12.1 Å². The maximum atomic E-state index is 14.0. The maximum absolute atomic E-state index is 14.0. The first kappa shape index (κ1) is 13.3. The van der Waals surface area contributed by atoms with Gasteiger partial charge in [0, 0.05) is 24.7 Å². The number of nitrogens with zero attached hydrogens (tertiary/aromatic N) is 2. The van der Waals surface area contributed by atoms with Gasteiger partial charge in [0.05, 0.1) is 11.8 Å². The average Bonchev–Trinajstić information content (AvgIpc) is 2.77. The molecule has 0 aromatic heterocycles.